The second kappa shape index (κ2) is 8.87. The Labute approximate surface area is 112 Å². The number of hydrogen-bond donors (Lipinski definition) is 2. The summed E-state index contributed by atoms with van der Waals surface area (Å²) in [6.07, 6.45) is -0.446. The smallest absolute Gasteiger partial charge is 0.333 e. The van der Waals surface area contributed by atoms with E-state index in [-0.39, 0.29) is 6.61 Å². The highest BCUT2D eigenvalue weighted by molar-refractivity contribution is 8.77. The third-order valence-electron chi connectivity index (χ3n) is 1.57. The maximum Gasteiger partial charge on any atom is 0.333 e. The van der Waals surface area contributed by atoms with Gasteiger partial charge in [0, 0.05) is 11.3 Å². The molecule has 0 aromatic carbocycles. The number of esters is 1. The fourth-order valence-electron chi connectivity index (χ4n) is 0.743. The van der Waals surface area contributed by atoms with Crippen LogP contribution in [0.2, 0.25) is 0 Å². The zero-order valence-corrected chi connectivity index (χ0v) is 11.4. The van der Waals surface area contributed by atoms with Gasteiger partial charge < -0.3 is 14.9 Å². The average molecular weight is 294 g/mol. The Balaban J connectivity index is 3.80. The highest BCUT2D eigenvalue weighted by Crippen LogP contribution is 2.28. The molecule has 0 spiro atoms. The molecule has 6 nitrogen and oxygen atoms in total. The molecule has 18 heavy (non-hydrogen) atoms. The molecule has 102 valence electrons. The lowest BCUT2D eigenvalue weighted by Gasteiger charge is -2.08. The molecule has 0 heterocycles. The Bertz CT molecular complexity index is 341. The largest absolute Gasteiger partial charge is 0.481 e. The van der Waals surface area contributed by atoms with Gasteiger partial charge in [-0.1, -0.05) is 28.2 Å². The lowest BCUT2D eigenvalue weighted by Crippen LogP contribution is -2.19. The molecule has 0 fully saturated rings. The van der Waals surface area contributed by atoms with E-state index < -0.39 is 29.6 Å². The van der Waals surface area contributed by atoms with Gasteiger partial charge in [-0.3, -0.25) is 9.59 Å². The van der Waals surface area contributed by atoms with Crippen LogP contribution in [-0.2, 0) is 19.1 Å². The van der Waals surface area contributed by atoms with Gasteiger partial charge in [-0.05, 0) is 6.92 Å². The summed E-state index contributed by atoms with van der Waals surface area (Å²) in [7, 11) is 2.09. The molecule has 1 unspecified atom stereocenters. The van der Waals surface area contributed by atoms with Gasteiger partial charge in [-0.15, -0.1) is 0 Å². The normalized spacial score (nSPS) is 11.6. The Kier molecular flexibility index (Phi) is 8.30. The van der Waals surface area contributed by atoms with Crippen LogP contribution < -0.4 is 0 Å². The van der Waals surface area contributed by atoms with E-state index in [4.69, 9.17) is 14.9 Å². The molecule has 1 atom stereocenters. The molecule has 0 aromatic heterocycles. The van der Waals surface area contributed by atoms with Crippen LogP contribution in [0.3, 0.4) is 0 Å². The number of carbonyl (C=O) groups excluding carboxylic acids is 1. The summed E-state index contributed by atoms with van der Waals surface area (Å²) in [6.45, 7) is 5.06. The van der Waals surface area contributed by atoms with Crippen molar-refractivity contribution in [1.82, 2.24) is 0 Å². The van der Waals surface area contributed by atoms with Crippen molar-refractivity contribution in [2.45, 2.75) is 18.6 Å². The molecule has 0 aliphatic heterocycles. The monoisotopic (exact) mass is 294 g/mol. The lowest BCUT2D eigenvalue weighted by atomic mass is 10.3. The SMILES string of the molecule is C=C(C)C(=O)OCCSSC(CC(=O)O)C(=O)O. The van der Waals surface area contributed by atoms with Gasteiger partial charge in [0.2, 0.25) is 0 Å². The van der Waals surface area contributed by atoms with Crippen molar-refractivity contribution in [2.75, 3.05) is 12.4 Å². The minimum atomic E-state index is -1.17. The first-order valence-electron chi connectivity index (χ1n) is 4.90. The molecule has 0 aromatic rings. The highest BCUT2D eigenvalue weighted by Gasteiger charge is 2.21. The Hall–Kier alpha value is -1.15. The van der Waals surface area contributed by atoms with E-state index in [0.717, 1.165) is 21.6 Å². The van der Waals surface area contributed by atoms with Crippen molar-refractivity contribution >= 4 is 39.5 Å². The van der Waals surface area contributed by atoms with Crippen LogP contribution in [0.5, 0.6) is 0 Å². The topological polar surface area (TPSA) is 101 Å². The van der Waals surface area contributed by atoms with Gasteiger partial charge in [-0.2, -0.15) is 0 Å². The predicted molar refractivity (Wildman–Crippen MR) is 69.5 cm³/mol. The van der Waals surface area contributed by atoms with E-state index in [1.807, 2.05) is 0 Å². The number of carbonyl (C=O) groups is 3. The third-order valence-corrected chi connectivity index (χ3v) is 4.24. The highest BCUT2D eigenvalue weighted by atomic mass is 33.1. The summed E-state index contributed by atoms with van der Waals surface area (Å²) in [5, 5.41) is 16.2. The standard InChI is InChI=1S/C10H14O6S2/c1-6(2)10(15)16-3-4-17-18-7(9(13)14)5-8(11)12/h7H,1,3-5H2,2H3,(H,11,12)(H,13,14). The number of aliphatic carboxylic acids is 2. The van der Waals surface area contributed by atoms with Crippen LogP contribution in [0, 0.1) is 0 Å². The van der Waals surface area contributed by atoms with E-state index >= 15 is 0 Å². The maximum absolute atomic E-state index is 11.0. The molecule has 0 radical (unpaired) electrons. The summed E-state index contributed by atoms with van der Waals surface area (Å²) in [4.78, 5) is 32.1. The molecule has 0 aliphatic carbocycles. The molecular formula is C10H14O6S2. The minimum absolute atomic E-state index is 0.128. The zero-order valence-electron chi connectivity index (χ0n) is 9.75. The first kappa shape index (κ1) is 16.9. The zero-order chi connectivity index (χ0) is 14.1. The van der Waals surface area contributed by atoms with Crippen molar-refractivity contribution in [3.63, 3.8) is 0 Å². The summed E-state index contributed by atoms with van der Waals surface area (Å²) < 4.78 is 4.79. The molecule has 0 aliphatic rings. The first-order chi connectivity index (χ1) is 8.34. The number of hydrogen-bond acceptors (Lipinski definition) is 6. The van der Waals surface area contributed by atoms with Crippen LogP contribution >= 0.6 is 21.6 Å². The predicted octanol–water partition coefficient (Wildman–Crippen LogP) is 1.42. The number of rotatable bonds is 9. The van der Waals surface area contributed by atoms with Crippen LogP contribution in [0.4, 0.5) is 0 Å². The molecule has 0 rings (SSSR count). The van der Waals surface area contributed by atoms with Gasteiger partial charge in [0.05, 0.1) is 6.42 Å². The summed E-state index contributed by atoms with van der Waals surface area (Å²) in [5.74, 6) is -2.45. The lowest BCUT2D eigenvalue weighted by molar-refractivity contribution is -0.142. The van der Waals surface area contributed by atoms with E-state index in [0.29, 0.717) is 11.3 Å². The van der Waals surface area contributed by atoms with Crippen LogP contribution in [0.25, 0.3) is 0 Å². The van der Waals surface area contributed by atoms with E-state index in [1.165, 1.54) is 6.92 Å². The molecular weight excluding hydrogens is 280 g/mol. The molecule has 2 N–H and O–H groups in total. The van der Waals surface area contributed by atoms with Gasteiger partial charge in [0.25, 0.3) is 0 Å². The van der Waals surface area contributed by atoms with Crippen LogP contribution in [-0.4, -0.2) is 45.7 Å². The Morgan fingerprint density at radius 3 is 2.39 bits per heavy atom. The molecule has 0 saturated carbocycles. The third kappa shape index (κ3) is 8.02. The number of carboxylic acids is 2. The molecule has 8 heteroatoms. The van der Waals surface area contributed by atoms with Crippen LogP contribution in [0.15, 0.2) is 12.2 Å². The van der Waals surface area contributed by atoms with Crippen molar-refractivity contribution in [3.05, 3.63) is 12.2 Å². The fourth-order valence-corrected chi connectivity index (χ4v) is 2.88. The van der Waals surface area contributed by atoms with Crippen molar-refractivity contribution in [1.29, 1.82) is 0 Å². The number of ether oxygens (including phenoxy) is 1. The van der Waals surface area contributed by atoms with Crippen molar-refractivity contribution in [3.8, 4) is 0 Å². The van der Waals surface area contributed by atoms with Crippen LogP contribution in [0.1, 0.15) is 13.3 Å². The van der Waals surface area contributed by atoms with Gasteiger partial charge >= 0.3 is 17.9 Å². The van der Waals surface area contributed by atoms with Crippen molar-refractivity contribution in [2.24, 2.45) is 0 Å². The summed E-state index contributed by atoms with van der Waals surface area (Å²) >= 11 is 0. The molecule has 0 amide bonds. The van der Waals surface area contributed by atoms with Gasteiger partial charge in [0.1, 0.15) is 11.9 Å². The van der Waals surface area contributed by atoms with E-state index in [1.54, 1.807) is 0 Å². The second-order valence-corrected chi connectivity index (χ2v) is 5.95. The fraction of sp³-hybridized carbons (Fsp3) is 0.500. The van der Waals surface area contributed by atoms with E-state index in [9.17, 15) is 14.4 Å². The first-order valence-corrected chi connectivity index (χ1v) is 7.28. The summed E-state index contributed by atoms with van der Waals surface area (Å²) in [6, 6.07) is 0. The number of carboxylic acid groups (broad SMARTS) is 2. The minimum Gasteiger partial charge on any atom is -0.481 e. The summed E-state index contributed by atoms with van der Waals surface area (Å²) in [5.41, 5.74) is 0.293. The Morgan fingerprint density at radius 1 is 1.33 bits per heavy atom. The Morgan fingerprint density at radius 2 is 1.94 bits per heavy atom. The van der Waals surface area contributed by atoms with E-state index in [2.05, 4.69) is 6.58 Å². The van der Waals surface area contributed by atoms with Crippen molar-refractivity contribution < 1.29 is 29.3 Å². The van der Waals surface area contributed by atoms with Gasteiger partial charge in [-0.25, -0.2) is 4.79 Å². The maximum atomic E-state index is 11.0. The second-order valence-electron chi connectivity index (χ2n) is 3.26. The van der Waals surface area contributed by atoms with Gasteiger partial charge in [0.15, 0.2) is 0 Å². The molecule has 0 bridgehead atoms. The molecule has 0 saturated heterocycles. The average Bonchev–Trinajstić information content (AvgIpc) is 2.25. The quantitative estimate of drug-likeness (QED) is 0.285.